The molecule has 0 aliphatic carbocycles. The zero-order chi connectivity index (χ0) is 25.6. The Balaban J connectivity index is 1.97. The summed E-state index contributed by atoms with van der Waals surface area (Å²) in [5.74, 6) is -2.44. The highest BCUT2D eigenvalue weighted by atomic mass is 16.7. The maximum absolute atomic E-state index is 13.6. The van der Waals surface area contributed by atoms with E-state index in [2.05, 4.69) is 0 Å². The van der Waals surface area contributed by atoms with E-state index < -0.39 is 59.1 Å². The van der Waals surface area contributed by atoms with Crippen LogP contribution in [0.1, 0.15) is 6.92 Å². The predicted molar refractivity (Wildman–Crippen MR) is 119 cm³/mol. The molecule has 188 valence electrons. The van der Waals surface area contributed by atoms with Gasteiger partial charge in [-0.15, -0.1) is 0 Å². The van der Waals surface area contributed by atoms with Crippen LogP contribution in [0.2, 0.25) is 0 Å². The van der Waals surface area contributed by atoms with Crippen LogP contribution >= 0.6 is 0 Å². The van der Waals surface area contributed by atoms with Crippen molar-refractivity contribution in [3.05, 3.63) is 34.5 Å². The maximum atomic E-state index is 13.6. The number of rotatable bonds is 5. The van der Waals surface area contributed by atoms with E-state index in [9.17, 15) is 35.4 Å². The highest BCUT2D eigenvalue weighted by Crippen LogP contribution is 2.44. The first-order chi connectivity index (χ1) is 16.6. The Hall–Kier alpha value is -3.71. The lowest BCUT2D eigenvalue weighted by atomic mass is 10.00. The van der Waals surface area contributed by atoms with E-state index in [0.29, 0.717) is 0 Å². The summed E-state index contributed by atoms with van der Waals surface area (Å²) in [5.41, 5.74) is -0.951. The fraction of sp³-hybridized carbons (Fsp3) is 0.348. The molecular weight excluding hydrogens is 468 g/mol. The van der Waals surface area contributed by atoms with Crippen molar-refractivity contribution >= 4 is 11.0 Å². The molecule has 12 nitrogen and oxygen atoms in total. The number of methoxy groups -OCH3 is 2. The van der Waals surface area contributed by atoms with Gasteiger partial charge in [0.15, 0.2) is 28.8 Å². The van der Waals surface area contributed by atoms with E-state index in [4.69, 9.17) is 23.4 Å². The summed E-state index contributed by atoms with van der Waals surface area (Å²) in [6.07, 6.45) is -7.39. The highest BCUT2D eigenvalue weighted by Gasteiger charge is 2.44. The molecule has 4 rings (SSSR count). The number of phenols is 3. The predicted octanol–water partition coefficient (Wildman–Crippen LogP) is 0.800. The molecule has 0 radical (unpaired) electrons. The summed E-state index contributed by atoms with van der Waals surface area (Å²) in [6.45, 7) is 1.43. The number of ether oxygens (including phenoxy) is 4. The van der Waals surface area contributed by atoms with Gasteiger partial charge in [-0.1, -0.05) is 0 Å². The minimum atomic E-state index is -1.75. The van der Waals surface area contributed by atoms with Gasteiger partial charge in [0, 0.05) is 11.6 Å². The smallest absolute Gasteiger partial charge is 0.239 e. The topological polar surface area (TPSA) is 189 Å². The molecule has 0 spiro atoms. The average molecular weight is 492 g/mol. The van der Waals surface area contributed by atoms with Gasteiger partial charge in [0.05, 0.1) is 20.3 Å². The number of aliphatic hydroxyl groups is 3. The summed E-state index contributed by atoms with van der Waals surface area (Å²) in [4.78, 5) is 13.6. The van der Waals surface area contributed by atoms with E-state index in [1.807, 2.05) is 0 Å². The lowest BCUT2D eigenvalue weighted by Crippen LogP contribution is -2.58. The van der Waals surface area contributed by atoms with Crippen LogP contribution in [0.4, 0.5) is 0 Å². The number of fused-ring (bicyclic) bond motifs is 1. The Bertz CT molecular complexity index is 1320. The molecule has 0 amide bonds. The van der Waals surface area contributed by atoms with Crippen LogP contribution < -0.4 is 19.6 Å². The molecular formula is C23H24O12. The molecule has 2 aromatic carbocycles. The fourth-order valence-electron chi connectivity index (χ4n) is 3.81. The summed E-state index contributed by atoms with van der Waals surface area (Å²) < 4.78 is 27.3. The van der Waals surface area contributed by atoms with Crippen LogP contribution in [0.5, 0.6) is 34.5 Å². The van der Waals surface area contributed by atoms with Crippen molar-refractivity contribution < 1.29 is 54.0 Å². The first-order valence-corrected chi connectivity index (χ1v) is 10.4. The SMILES string of the molecule is COc1cc2oc(-c3ccc(O)c(O)c3)c(O[C@@H]3O[C@@H](C)[C@H](O)[C@@H](O)[C@@H]3O)c(=O)c2c(O)c1OC. The third-order valence-corrected chi connectivity index (χ3v) is 5.74. The molecule has 1 aromatic heterocycles. The molecule has 0 bridgehead atoms. The maximum Gasteiger partial charge on any atom is 0.239 e. The molecule has 1 fully saturated rings. The van der Waals surface area contributed by atoms with Crippen molar-refractivity contribution in [3.63, 3.8) is 0 Å². The van der Waals surface area contributed by atoms with Crippen LogP contribution in [0.3, 0.4) is 0 Å². The normalized spacial score (nSPS) is 24.3. The molecule has 6 N–H and O–H groups in total. The van der Waals surface area contributed by atoms with Crippen LogP contribution in [-0.4, -0.2) is 75.6 Å². The molecule has 1 saturated heterocycles. The number of hydrogen-bond acceptors (Lipinski definition) is 12. The van der Waals surface area contributed by atoms with Crippen LogP contribution in [0.25, 0.3) is 22.3 Å². The lowest BCUT2D eigenvalue weighted by molar-refractivity contribution is -0.268. The molecule has 2 heterocycles. The monoisotopic (exact) mass is 492 g/mol. The molecule has 1 aliphatic heterocycles. The third-order valence-electron chi connectivity index (χ3n) is 5.74. The quantitative estimate of drug-likeness (QED) is 0.275. The molecule has 0 saturated carbocycles. The highest BCUT2D eigenvalue weighted by molar-refractivity contribution is 5.91. The Morgan fingerprint density at radius 1 is 0.886 bits per heavy atom. The Labute approximate surface area is 197 Å². The number of hydrogen-bond donors (Lipinski definition) is 6. The molecule has 35 heavy (non-hydrogen) atoms. The van der Waals surface area contributed by atoms with E-state index in [1.54, 1.807) is 0 Å². The number of aromatic hydroxyl groups is 3. The third kappa shape index (κ3) is 4.06. The van der Waals surface area contributed by atoms with Crippen molar-refractivity contribution in [1.82, 2.24) is 0 Å². The molecule has 5 atom stereocenters. The van der Waals surface area contributed by atoms with Crippen molar-refractivity contribution in [2.75, 3.05) is 14.2 Å². The van der Waals surface area contributed by atoms with Gasteiger partial charge in [-0.2, -0.15) is 0 Å². The zero-order valence-electron chi connectivity index (χ0n) is 18.8. The largest absolute Gasteiger partial charge is 0.504 e. The second-order valence-corrected chi connectivity index (χ2v) is 7.93. The van der Waals surface area contributed by atoms with E-state index in [1.165, 1.54) is 33.3 Å². The van der Waals surface area contributed by atoms with Gasteiger partial charge in [0.2, 0.25) is 23.2 Å². The van der Waals surface area contributed by atoms with Crippen molar-refractivity contribution in [3.8, 4) is 45.8 Å². The first kappa shape index (κ1) is 24.4. The zero-order valence-corrected chi connectivity index (χ0v) is 18.8. The van der Waals surface area contributed by atoms with Gasteiger partial charge in [0.1, 0.15) is 29.3 Å². The molecule has 0 unspecified atom stereocenters. The van der Waals surface area contributed by atoms with Gasteiger partial charge < -0.3 is 54.0 Å². The number of phenolic OH excluding ortho intramolecular Hbond substituents is 3. The van der Waals surface area contributed by atoms with Crippen molar-refractivity contribution in [2.24, 2.45) is 0 Å². The van der Waals surface area contributed by atoms with Gasteiger partial charge in [-0.05, 0) is 25.1 Å². The van der Waals surface area contributed by atoms with Gasteiger partial charge in [-0.25, -0.2) is 0 Å². The fourth-order valence-corrected chi connectivity index (χ4v) is 3.81. The van der Waals surface area contributed by atoms with Crippen molar-refractivity contribution in [1.29, 1.82) is 0 Å². The summed E-state index contributed by atoms with van der Waals surface area (Å²) in [5, 5.41) is 60.5. The molecule has 12 heteroatoms. The number of aliphatic hydroxyl groups excluding tert-OH is 3. The standard InChI is InChI=1S/C23H24O12/c1-8-15(26)18(29)19(30)23(33-8)35-22-17(28)14-12(7-13(31-2)21(32-3)16(14)27)34-20(22)9-4-5-10(24)11(25)6-9/h4-8,15,18-19,23-27,29-30H,1-3H3/t8-,15-,18+,19-,23-/m0/s1. The second-order valence-electron chi connectivity index (χ2n) is 7.93. The van der Waals surface area contributed by atoms with E-state index in [-0.39, 0.29) is 33.8 Å². The molecule has 1 aliphatic rings. The van der Waals surface area contributed by atoms with Gasteiger partial charge in [-0.3, -0.25) is 4.79 Å². The van der Waals surface area contributed by atoms with Crippen LogP contribution in [-0.2, 0) is 4.74 Å². The van der Waals surface area contributed by atoms with Crippen LogP contribution in [0, 0.1) is 0 Å². The minimum Gasteiger partial charge on any atom is -0.504 e. The van der Waals surface area contributed by atoms with Gasteiger partial charge >= 0.3 is 0 Å². The average Bonchev–Trinajstić information content (AvgIpc) is 2.83. The van der Waals surface area contributed by atoms with E-state index in [0.717, 1.165) is 12.1 Å². The van der Waals surface area contributed by atoms with E-state index >= 15 is 0 Å². The summed E-state index contributed by atoms with van der Waals surface area (Å²) in [6, 6.07) is 4.88. The Morgan fingerprint density at radius 3 is 2.23 bits per heavy atom. The summed E-state index contributed by atoms with van der Waals surface area (Å²) in [7, 11) is 2.58. The molecule has 3 aromatic rings. The lowest BCUT2D eigenvalue weighted by Gasteiger charge is -2.38. The van der Waals surface area contributed by atoms with Gasteiger partial charge in [0.25, 0.3) is 0 Å². The minimum absolute atomic E-state index is 0.0609. The Morgan fingerprint density at radius 2 is 1.60 bits per heavy atom. The number of benzene rings is 2. The first-order valence-electron chi connectivity index (χ1n) is 10.4. The second kappa shape index (κ2) is 9.15. The van der Waals surface area contributed by atoms with Crippen molar-refractivity contribution in [2.45, 2.75) is 37.6 Å². The van der Waals surface area contributed by atoms with Crippen LogP contribution in [0.15, 0.2) is 33.5 Å². The Kier molecular flexibility index (Phi) is 6.38. The summed E-state index contributed by atoms with van der Waals surface area (Å²) >= 11 is 0.